The normalized spacial score (nSPS) is 10.8. The Kier molecular flexibility index (Phi) is 6.17. The van der Waals surface area contributed by atoms with Crippen LogP contribution in [0.2, 0.25) is 5.02 Å². The number of aromatic nitrogens is 1. The van der Waals surface area contributed by atoms with Gasteiger partial charge in [0.1, 0.15) is 0 Å². The van der Waals surface area contributed by atoms with Crippen molar-refractivity contribution in [1.29, 1.82) is 0 Å². The Hall–Kier alpha value is -1.34. The highest BCUT2D eigenvalue weighted by atomic mass is 35.5. The number of hydrogen-bond acceptors (Lipinski definition) is 5. The minimum absolute atomic E-state index is 0.132. The van der Waals surface area contributed by atoms with Crippen LogP contribution < -0.4 is 5.32 Å². The highest BCUT2D eigenvalue weighted by molar-refractivity contribution is 7.98. The summed E-state index contributed by atoms with van der Waals surface area (Å²) < 4.78 is 0. The zero-order valence-corrected chi connectivity index (χ0v) is 17.0. The van der Waals surface area contributed by atoms with Gasteiger partial charge in [-0.2, -0.15) is 0 Å². The number of carbonyl (C=O) groups is 1. The maximum Gasteiger partial charge on any atom is 0.252 e. The van der Waals surface area contributed by atoms with Crippen molar-refractivity contribution in [2.45, 2.75) is 18.2 Å². The van der Waals surface area contributed by atoms with Crippen molar-refractivity contribution in [2.75, 3.05) is 12.8 Å². The molecule has 0 atom stereocenters. The van der Waals surface area contributed by atoms with Crippen molar-refractivity contribution in [1.82, 2.24) is 10.3 Å². The fourth-order valence-corrected chi connectivity index (χ4v) is 4.62. The number of thioether (sulfide) groups is 1. The Morgan fingerprint density at radius 3 is 2.88 bits per heavy atom. The molecule has 2 aromatic heterocycles. The minimum atomic E-state index is -0.132. The smallest absolute Gasteiger partial charge is 0.252 e. The van der Waals surface area contributed by atoms with E-state index in [1.807, 2.05) is 25.3 Å². The summed E-state index contributed by atoms with van der Waals surface area (Å²) in [5.41, 5.74) is 1.56. The van der Waals surface area contributed by atoms with Gasteiger partial charge in [-0.3, -0.25) is 4.79 Å². The van der Waals surface area contributed by atoms with E-state index in [4.69, 9.17) is 11.6 Å². The van der Waals surface area contributed by atoms with E-state index in [-0.39, 0.29) is 5.91 Å². The third kappa shape index (κ3) is 4.64. The molecule has 0 aliphatic carbocycles. The molecule has 2 heterocycles. The molecule has 0 fully saturated rings. The van der Waals surface area contributed by atoms with Crippen molar-refractivity contribution in [2.24, 2.45) is 0 Å². The van der Waals surface area contributed by atoms with Gasteiger partial charge in [-0.05, 0) is 49.9 Å². The number of benzene rings is 1. The molecule has 0 radical (unpaired) electrons. The van der Waals surface area contributed by atoms with Crippen LogP contribution in [0.1, 0.15) is 20.2 Å². The van der Waals surface area contributed by atoms with Crippen LogP contribution in [0.4, 0.5) is 0 Å². The second-order valence-corrected chi connectivity index (χ2v) is 8.89. The first-order valence-corrected chi connectivity index (χ1v) is 11.0. The Balaban J connectivity index is 1.58. The summed E-state index contributed by atoms with van der Waals surface area (Å²) in [5, 5.41) is 6.58. The molecule has 7 heteroatoms. The third-order valence-electron chi connectivity index (χ3n) is 3.61. The Morgan fingerprint density at radius 2 is 2.16 bits per heavy atom. The van der Waals surface area contributed by atoms with Gasteiger partial charge < -0.3 is 5.32 Å². The molecule has 0 unspecified atom stereocenters. The number of halogens is 1. The molecule has 0 spiro atoms. The SMILES string of the molecule is CSc1ccc(Cl)c(C(=O)NCCc2ccc(-c3csc(C)n3)s2)c1. The maximum absolute atomic E-state index is 12.3. The van der Waals surface area contributed by atoms with Gasteiger partial charge in [-0.1, -0.05) is 11.6 Å². The van der Waals surface area contributed by atoms with Gasteiger partial charge in [-0.25, -0.2) is 4.98 Å². The van der Waals surface area contributed by atoms with E-state index in [0.29, 0.717) is 17.1 Å². The van der Waals surface area contributed by atoms with Crippen LogP contribution in [-0.2, 0) is 6.42 Å². The van der Waals surface area contributed by atoms with E-state index in [9.17, 15) is 4.79 Å². The third-order valence-corrected chi connectivity index (χ3v) is 6.60. The van der Waals surface area contributed by atoms with E-state index in [1.54, 1.807) is 40.5 Å². The Labute approximate surface area is 164 Å². The average Bonchev–Trinajstić information content (AvgIpc) is 3.24. The summed E-state index contributed by atoms with van der Waals surface area (Å²) in [6.45, 7) is 2.59. The summed E-state index contributed by atoms with van der Waals surface area (Å²) in [7, 11) is 0. The number of thiazole rings is 1. The van der Waals surface area contributed by atoms with E-state index >= 15 is 0 Å². The molecule has 3 aromatic rings. The highest BCUT2D eigenvalue weighted by Gasteiger charge is 2.11. The molecule has 0 bridgehead atoms. The molecular weight excluding hydrogens is 392 g/mol. The minimum Gasteiger partial charge on any atom is -0.352 e. The lowest BCUT2D eigenvalue weighted by Gasteiger charge is -2.07. The monoisotopic (exact) mass is 408 g/mol. The summed E-state index contributed by atoms with van der Waals surface area (Å²) in [5.74, 6) is -0.132. The van der Waals surface area contributed by atoms with Crippen LogP contribution in [0.25, 0.3) is 10.6 Å². The highest BCUT2D eigenvalue weighted by Crippen LogP contribution is 2.29. The first-order chi connectivity index (χ1) is 12.1. The van der Waals surface area contributed by atoms with E-state index in [1.165, 1.54) is 9.75 Å². The van der Waals surface area contributed by atoms with Crippen LogP contribution in [-0.4, -0.2) is 23.7 Å². The molecule has 25 heavy (non-hydrogen) atoms. The molecule has 1 aromatic carbocycles. The molecule has 3 nitrogen and oxygen atoms in total. The van der Waals surface area contributed by atoms with Crippen molar-refractivity contribution in [3.8, 4) is 10.6 Å². The quantitative estimate of drug-likeness (QED) is 0.545. The summed E-state index contributed by atoms with van der Waals surface area (Å²) in [4.78, 5) is 20.3. The van der Waals surface area contributed by atoms with Gasteiger partial charge in [-0.15, -0.1) is 34.4 Å². The van der Waals surface area contributed by atoms with Crippen LogP contribution >= 0.6 is 46.0 Å². The van der Waals surface area contributed by atoms with Crippen LogP contribution in [0.15, 0.2) is 40.6 Å². The second-order valence-electron chi connectivity index (χ2n) is 5.37. The number of thiophene rings is 1. The maximum atomic E-state index is 12.3. The van der Waals surface area contributed by atoms with Gasteiger partial charge in [0.25, 0.3) is 5.91 Å². The van der Waals surface area contributed by atoms with Crippen LogP contribution in [0, 0.1) is 6.92 Å². The van der Waals surface area contributed by atoms with Crippen LogP contribution in [0.5, 0.6) is 0 Å². The fourth-order valence-electron chi connectivity index (χ4n) is 2.33. The zero-order chi connectivity index (χ0) is 17.8. The van der Waals surface area contributed by atoms with Gasteiger partial charge in [0, 0.05) is 21.7 Å². The number of carbonyl (C=O) groups excluding carboxylic acids is 1. The van der Waals surface area contributed by atoms with Gasteiger partial charge in [0.2, 0.25) is 0 Å². The molecule has 0 aliphatic heterocycles. The van der Waals surface area contributed by atoms with Crippen molar-refractivity contribution >= 4 is 51.9 Å². The number of nitrogens with one attached hydrogen (secondary N) is 1. The molecular formula is C18H17ClN2OS3. The van der Waals surface area contributed by atoms with E-state index in [0.717, 1.165) is 22.0 Å². The van der Waals surface area contributed by atoms with Crippen molar-refractivity contribution in [3.05, 3.63) is 56.2 Å². The average molecular weight is 409 g/mol. The molecule has 1 N–H and O–H groups in total. The predicted molar refractivity (Wildman–Crippen MR) is 109 cm³/mol. The lowest BCUT2D eigenvalue weighted by Crippen LogP contribution is -2.25. The fraction of sp³-hybridized carbons (Fsp3) is 0.222. The number of rotatable bonds is 6. The lowest BCUT2D eigenvalue weighted by molar-refractivity contribution is 0.0954. The number of aryl methyl sites for hydroxylation is 1. The molecule has 0 aliphatic rings. The number of amides is 1. The topological polar surface area (TPSA) is 42.0 Å². The summed E-state index contributed by atoms with van der Waals surface area (Å²) in [6, 6.07) is 9.70. The second kappa shape index (κ2) is 8.36. The Morgan fingerprint density at radius 1 is 1.32 bits per heavy atom. The summed E-state index contributed by atoms with van der Waals surface area (Å²) >= 11 is 11.1. The standard InChI is InChI=1S/C18H17ClN2OS3/c1-11-21-16(10-24-11)17-6-4-12(25-17)7-8-20-18(22)14-9-13(23-2)3-5-15(14)19/h3-6,9-10H,7-8H2,1-2H3,(H,20,22). The zero-order valence-electron chi connectivity index (χ0n) is 13.8. The lowest BCUT2D eigenvalue weighted by atomic mass is 10.2. The first-order valence-electron chi connectivity index (χ1n) is 7.70. The Bertz CT molecular complexity index is 888. The molecule has 3 rings (SSSR count). The number of nitrogens with zero attached hydrogens (tertiary/aromatic N) is 1. The molecule has 1 amide bonds. The van der Waals surface area contributed by atoms with Gasteiger partial charge >= 0.3 is 0 Å². The largest absolute Gasteiger partial charge is 0.352 e. The molecule has 0 saturated heterocycles. The molecule has 0 saturated carbocycles. The summed E-state index contributed by atoms with van der Waals surface area (Å²) in [6.07, 6.45) is 2.77. The van der Waals surface area contributed by atoms with Crippen molar-refractivity contribution < 1.29 is 4.79 Å². The van der Waals surface area contributed by atoms with E-state index < -0.39 is 0 Å². The van der Waals surface area contributed by atoms with Crippen LogP contribution in [0.3, 0.4) is 0 Å². The number of hydrogen-bond donors (Lipinski definition) is 1. The van der Waals surface area contributed by atoms with E-state index in [2.05, 4.69) is 27.8 Å². The van der Waals surface area contributed by atoms with Gasteiger partial charge in [0.15, 0.2) is 0 Å². The molecule has 130 valence electrons. The first kappa shape index (κ1) is 18.5. The van der Waals surface area contributed by atoms with Crippen molar-refractivity contribution in [3.63, 3.8) is 0 Å². The van der Waals surface area contributed by atoms with Gasteiger partial charge in [0.05, 0.1) is 26.2 Å². The predicted octanol–water partition coefficient (Wildman–Crippen LogP) is 5.53.